The molecule has 4 rings (SSSR count). The van der Waals surface area contributed by atoms with Crippen molar-refractivity contribution >= 4 is 28.1 Å². The van der Waals surface area contributed by atoms with Gasteiger partial charge in [0.05, 0.1) is 11.1 Å². The highest BCUT2D eigenvalue weighted by molar-refractivity contribution is 6.11. The highest BCUT2D eigenvalue weighted by atomic mass is 16.5. The van der Waals surface area contributed by atoms with Crippen molar-refractivity contribution in [2.24, 2.45) is 0 Å². The number of aldehydes is 1. The van der Waals surface area contributed by atoms with Crippen LogP contribution in [0.5, 0.6) is 11.5 Å². The van der Waals surface area contributed by atoms with E-state index < -0.39 is 17.8 Å². The minimum Gasteiger partial charge on any atom is -0.507 e. The second-order valence-corrected chi connectivity index (χ2v) is 6.69. The first kappa shape index (κ1) is 15.0. The van der Waals surface area contributed by atoms with Crippen molar-refractivity contribution in [3.05, 3.63) is 35.4 Å². The predicted molar refractivity (Wildman–Crippen MR) is 88.5 cm³/mol. The third-order valence-electron chi connectivity index (χ3n) is 4.72. The Labute approximate surface area is 137 Å². The van der Waals surface area contributed by atoms with E-state index in [-0.39, 0.29) is 11.3 Å². The smallest absolute Gasteiger partial charge is 0.153 e. The van der Waals surface area contributed by atoms with Crippen LogP contribution in [0.3, 0.4) is 0 Å². The van der Waals surface area contributed by atoms with Gasteiger partial charge in [-0.1, -0.05) is 0 Å². The zero-order chi connectivity index (χ0) is 17.2. The first-order valence-electron chi connectivity index (χ1n) is 7.65. The molecular weight excluding hydrogens is 310 g/mol. The highest BCUT2D eigenvalue weighted by Gasteiger charge is 2.43. The molecule has 6 heteroatoms. The van der Waals surface area contributed by atoms with Crippen LogP contribution in [-0.4, -0.2) is 38.3 Å². The Bertz CT molecular complexity index is 988. The lowest BCUT2D eigenvalue weighted by atomic mass is 9.86. The summed E-state index contributed by atoms with van der Waals surface area (Å²) >= 11 is 0. The number of aromatic amines is 1. The number of fused-ring (bicyclic) bond motifs is 5. The molecule has 0 amide bonds. The Hall–Kier alpha value is -2.57. The Morgan fingerprint density at radius 3 is 2.67 bits per heavy atom. The van der Waals surface area contributed by atoms with Crippen LogP contribution in [0.4, 0.5) is 0 Å². The third kappa shape index (κ3) is 1.87. The van der Waals surface area contributed by atoms with E-state index in [0.717, 1.165) is 5.52 Å². The molecule has 124 valence electrons. The van der Waals surface area contributed by atoms with Crippen molar-refractivity contribution in [2.45, 2.75) is 31.7 Å². The van der Waals surface area contributed by atoms with Crippen molar-refractivity contribution in [2.75, 3.05) is 0 Å². The van der Waals surface area contributed by atoms with Crippen LogP contribution in [-0.2, 0) is 0 Å². The third-order valence-corrected chi connectivity index (χ3v) is 4.72. The van der Waals surface area contributed by atoms with Crippen molar-refractivity contribution in [1.82, 2.24) is 4.98 Å². The molecule has 0 aliphatic carbocycles. The number of H-pyrrole nitrogens is 1. The molecule has 0 saturated carbocycles. The molecule has 1 aliphatic heterocycles. The van der Waals surface area contributed by atoms with Crippen molar-refractivity contribution in [1.29, 1.82) is 0 Å². The summed E-state index contributed by atoms with van der Waals surface area (Å²) in [5.41, 5.74) is 1.08. The number of aromatic hydroxyl groups is 1. The van der Waals surface area contributed by atoms with Crippen molar-refractivity contribution in [3.63, 3.8) is 0 Å². The van der Waals surface area contributed by atoms with Crippen LogP contribution in [0.1, 0.15) is 35.9 Å². The molecule has 24 heavy (non-hydrogen) atoms. The number of hydrogen-bond acceptors (Lipinski definition) is 5. The second-order valence-electron chi connectivity index (χ2n) is 6.69. The van der Waals surface area contributed by atoms with Crippen LogP contribution in [0.25, 0.3) is 21.8 Å². The molecule has 3 aromatic rings. The fraction of sp³-hybridized carbons (Fsp3) is 0.278. The molecule has 0 spiro atoms. The van der Waals surface area contributed by atoms with E-state index in [1.807, 2.05) is 6.07 Å². The first-order valence-corrected chi connectivity index (χ1v) is 7.65. The molecule has 4 N–H and O–H groups in total. The molecule has 2 atom stereocenters. The van der Waals surface area contributed by atoms with Crippen LogP contribution in [0.2, 0.25) is 0 Å². The quantitative estimate of drug-likeness (QED) is 0.514. The molecule has 0 radical (unpaired) electrons. The summed E-state index contributed by atoms with van der Waals surface area (Å²) in [7, 11) is 0. The Morgan fingerprint density at radius 1 is 1.21 bits per heavy atom. The number of ether oxygens (including phenoxy) is 1. The standard InChI is InChI=1S/C18H17NO5/c1-18(2)17(23)16(22)15-13(24-18)4-3-10-14(15)9-5-8(7-20)12(21)6-11(9)19-10/h3-7,16-17,19,21-23H,1-2H3. The van der Waals surface area contributed by atoms with Gasteiger partial charge in [-0.25, -0.2) is 0 Å². The van der Waals surface area contributed by atoms with Gasteiger partial charge in [-0.05, 0) is 32.0 Å². The van der Waals surface area contributed by atoms with E-state index >= 15 is 0 Å². The van der Waals surface area contributed by atoms with Gasteiger partial charge in [0.15, 0.2) is 6.29 Å². The molecule has 2 aromatic carbocycles. The van der Waals surface area contributed by atoms with E-state index in [1.54, 1.807) is 26.0 Å². The van der Waals surface area contributed by atoms with E-state index in [9.17, 15) is 20.1 Å². The molecule has 6 nitrogen and oxygen atoms in total. The monoisotopic (exact) mass is 327 g/mol. The Morgan fingerprint density at radius 2 is 1.96 bits per heavy atom. The number of aromatic nitrogens is 1. The van der Waals surface area contributed by atoms with E-state index in [4.69, 9.17) is 4.74 Å². The summed E-state index contributed by atoms with van der Waals surface area (Å²) in [5, 5.41) is 32.3. The number of phenolic OH excluding ortho intramolecular Hbond substituents is 1. The average molecular weight is 327 g/mol. The van der Waals surface area contributed by atoms with Crippen LogP contribution in [0, 0.1) is 0 Å². The van der Waals surface area contributed by atoms with Gasteiger partial charge < -0.3 is 25.0 Å². The number of aliphatic hydroxyl groups excluding tert-OH is 2. The van der Waals surface area contributed by atoms with Gasteiger partial charge in [-0.3, -0.25) is 4.79 Å². The van der Waals surface area contributed by atoms with Gasteiger partial charge in [0.2, 0.25) is 0 Å². The first-order chi connectivity index (χ1) is 11.3. The number of hydrogen-bond donors (Lipinski definition) is 4. The molecular formula is C18H17NO5. The molecule has 0 fully saturated rings. The maximum absolute atomic E-state index is 11.1. The van der Waals surface area contributed by atoms with E-state index in [2.05, 4.69) is 4.98 Å². The van der Waals surface area contributed by atoms with Crippen molar-refractivity contribution < 1.29 is 24.9 Å². The number of benzene rings is 2. The fourth-order valence-electron chi connectivity index (χ4n) is 3.41. The number of phenols is 1. The predicted octanol–water partition coefficient (Wildman–Crippen LogP) is 2.40. The lowest BCUT2D eigenvalue weighted by Gasteiger charge is -2.40. The highest BCUT2D eigenvalue weighted by Crippen LogP contribution is 2.45. The number of nitrogens with one attached hydrogen (secondary N) is 1. The number of carbonyl (C=O) groups excluding carboxylic acids is 1. The average Bonchev–Trinajstić information content (AvgIpc) is 2.88. The maximum atomic E-state index is 11.1. The van der Waals surface area contributed by atoms with E-state index in [1.165, 1.54) is 6.07 Å². The molecule has 0 bridgehead atoms. The van der Waals surface area contributed by atoms with Gasteiger partial charge in [0.25, 0.3) is 0 Å². The van der Waals surface area contributed by atoms with Gasteiger partial charge >= 0.3 is 0 Å². The Kier molecular flexibility index (Phi) is 2.95. The largest absolute Gasteiger partial charge is 0.507 e. The zero-order valence-electron chi connectivity index (χ0n) is 13.2. The molecule has 2 heterocycles. The van der Waals surface area contributed by atoms with Crippen LogP contribution < -0.4 is 4.74 Å². The Balaban J connectivity index is 2.11. The minimum atomic E-state index is -1.13. The van der Waals surface area contributed by atoms with E-state index in [0.29, 0.717) is 33.9 Å². The zero-order valence-corrected chi connectivity index (χ0v) is 13.2. The summed E-state index contributed by atoms with van der Waals surface area (Å²) in [6, 6.07) is 6.59. The summed E-state index contributed by atoms with van der Waals surface area (Å²) in [5.74, 6) is 0.378. The topological polar surface area (TPSA) is 103 Å². The molecule has 1 aromatic heterocycles. The lowest BCUT2D eigenvalue weighted by molar-refractivity contribution is -0.111. The van der Waals surface area contributed by atoms with Gasteiger partial charge in [-0.2, -0.15) is 0 Å². The maximum Gasteiger partial charge on any atom is 0.153 e. The summed E-state index contributed by atoms with van der Waals surface area (Å²) in [6.07, 6.45) is -1.64. The summed E-state index contributed by atoms with van der Waals surface area (Å²) in [6.45, 7) is 3.43. The van der Waals surface area contributed by atoms with Gasteiger partial charge in [-0.15, -0.1) is 0 Å². The summed E-state index contributed by atoms with van der Waals surface area (Å²) < 4.78 is 5.87. The van der Waals surface area contributed by atoms with Crippen LogP contribution >= 0.6 is 0 Å². The SMILES string of the molecule is CC1(C)Oc2ccc3[nH]c4cc(O)c(C=O)cc4c3c2C(O)C1O. The molecule has 0 saturated heterocycles. The summed E-state index contributed by atoms with van der Waals surface area (Å²) in [4.78, 5) is 14.3. The van der Waals surface area contributed by atoms with Gasteiger partial charge in [0, 0.05) is 27.9 Å². The number of carbonyl (C=O) groups is 1. The number of aliphatic hydroxyl groups is 2. The normalized spacial score (nSPS) is 22.3. The molecule has 2 unspecified atom stereocenters. The van der Waals surface area contributed by atoms with Crippen LogP contribution in [0.15, 0.2) is 24.3 Å². The molecule has 1 aliphatic rings. The van der Waals surface area contributed by atoms with Crippen molar-refractivity contribution in [3.8, 4) is 11.5 Å². The lowest BCUT2D eigenvalue weighted by Crippen LogP contribution is -2.48. The van der Waals surface area contributed by atoms with Gasteiger partial charge in [0.1, 0.15) is 29.3 Å². The fourth-order valence-corrected chi connectivity index (χ4v) is 3.41. The second kappa shape index (κ2) is 4.72. The number of rotatable bonds is 1. The minimum absolute atomic E-state index is 0.115.